The van der Waals surface area contributed by atoms with Crippen LogP contribution in [-0.2, 0) is 6.54 Å². The van der Waals surface area contributed by atoms with Crippen LogP contribution in [-0.4, -0.2) is 13.1 Å². The lowest BCUT2D eigenvalue weighted by Gasteiger charge is -2.42. The summed E-state index contributed by atoms with van der Waals surface area (Å²) < 4.78 is 13.8. The predicted molar refractivity (Wildman–Crippen MR) is 78.8 cm³/mol. The number of rotatable bonds is 4. The van der Waals surface area contributed by atoms with Crippen LogP contribution in [0, 0.1) is 11.2 Å². The maximum Gasteiger partial charge on any atom is 0.129 e. The number of halogens is 1. The van der Waals surface area contributed by atoms with Gasteiger partial charge in [0.25, 0.3) is 0 Å². The van der Waals surface area contributed by atoms with Crippen molar-refractivity contribution in [2.24, 2.45) is 11.1 Å². The molecule has 0 radical (unpaired) electrons. The molecule has 0 aromatic heterocycles. The molecule has 0 bridgehead atoms. The van der Waals surface area contributed by atoms with Crippen molar-refractivity contribution in [3.8, 4) is 0 Å². The van der Waals surface area contributed by atoms with E-state index >= 15 is 0 Å². The van der Waals surface area contributed by atoms with E-state index in [2.05, 4.69) is 18.7 Å². The number of hydrogen-bond donors (Lipinski definition) is 1. The van der Waals surface area contributed by atoms with Crippen LogP contribution in [0.4, 0.5) is 10.1 Å². The lowest BCUT2D eigenvalue weighted by molar-refractivity contribution is 0.199. The zero-order valence-corrected chi connectivity index (χ0v) is 12.1. The summed E-state index contributed by atoms with van der Waals surface area (Å²) in [7, 11) is 0. The van der Waals surface area contributed by atoms with Gasteiger partial charge >= 0.3 is 0 Å². The number of nitrogens with zero attached hydrogens (tertiary/aromatic N) is 1. The van der Waals surface area contributed by atoms with E-state index in [4.69, 9.17) is 5.73 Å². The summed E-state index contributed by atoms with van der Waals surface area (Å²) in [6.07, 6.45) is 4.91. The summed E-state index contributed by atoms with van der Waals surface area (Å²) in [5.74, 6) is -0.178. The Labute approximate surface area is 115 Å². The largest absolute Gasteiger partial charge is 0.371 e. The molecule has 1 saturated heterocycles. The Morgan fingerprint density at radius 2 is 1.84 bits per heavy atom. The Bertz CT molecular complexity index is 417. The molecule has 1 aromatic carbocycles. The molecular formula is C16H25FN2. The van der Waals surface area contributed by atoms with Gasteiger partial charge in [0, 0.05) is 30.9 Å². The van der Waals surface area contributed by atoms with E-state index in [1.807, 2.05) is 12.1 Å². The van der Waals surface area contributed by atoms with E-state index in [0.717, 1.165) is 18.8 Å². The van der Waals surface area contributed by atoms with E-state index in [1.54, 1.807) is 6.07 Å². The van der Waals surface area contributed by atoms with Crippen molar-refractivity contribution in [2.75, 3.05) is 18.0 Å². The van der Waals surface area contributed by atoms with Crippen molar-refractivity contribution < 1.29 is 4.39 Å². The maximum atomic E-state index is 13.8. The molecular weight excluding hydrogens is 239 g/mol. The van der Waals surface area contributed by atoms with E-state index in [0.29, 0.717) is 11.0 Å². The highest BCUT2D eigenvalue weighted by Crippen LogP contribution is 2.39. The van der Waals surface area contributed by atoms with Gasteiger partial charge in [-0.2, -0.15) is 0 Å². The van der Waals surface area contributed by atoms with Gasteiger partial charge in [0.15, 0.2) is 0 Å². The third-order valence-corrected chi connectivity index (χ3v) is 4.95. The average molecular weight is 264 g/mol. The second kappa shape index (κ2) is 5.91. The van der Waals surface area contributed by atoms with Gasteiger partial charge in [0.05, 0.1) is 0 Å². The average Bonchev–Trinajstić information content (AvgIpc) is 2.47. The molecule has 1 heterocycles. The topological polar surface area (TPSA) is 29.3 Å². The normalized spacial score (nSPS) is 18.6. The van der Waals surface area contributed by atoms with Crippen LogP contribution >= 0.6 is 0 Å². The fourth-order valence-corrected chi connectivity index (χ4v) is 3.09. The summed E-state index contributed by atoms with van der Waals surface area (Å²) in [6.45, 7) is 6.90. The molecule has 0 amide bonds. The molecule has 1 aliphatic rings. The first-order chi connectivity index (χ1) is 9.14. The van der Waals surface area contributed by atoms with E-state index in [9.17, 15) is 4.39 Å². The van der Waals surface area contributed by atoms with Crippen molar-refractivity contribution in [3.63, 3.8) is 0 Å². The van der Waals surface area contributed by atoms with E-state index in [-0.39, 0.29) is 12.4 Å². The molecule has 2 N–H and O–H groups in total. The van der Waals surface area contributed by atoms with Crippen LogP contribution < -0.4 is 10.6 Å². The molecule has 3 heteroatoms. The highest BCUT2D eigenvalue weighted by Gasteiger charge is 2.31. The highest BCUT2D eigenvalue weighted by molar-refractivity contribution is 5.48. The smallest absolute Gasteiger partial charge is 0.129 e. The Hall–Kier alpha value is -1.09. The van der Waals surface area contributed by atoms with Gasteiger partial charge in [0.1, 0.15) is 5.82 Å². The van der Waals surface area contributed by atoms with Crippen LogP contribution in [0.3, 0.4) is 0 Å². The summed E-state index contributed by atoms with van der Waals surface area (Å²) in [4.78, 5) is 2.30. The second-order valence-corrected chi connectivity index (χ2v) is 5.67. The first kappa shape index (κ1) is 14.3. The zero-order valence-electron chi connectivity index (χ0n) is 12.1. The van der Waals surface area contributed by atoms with Gasteiger partial charge in [-0.1, -0.05) is 32.8 Å². The lowest BCUT2D eigenvalue weighted by Crippen LogP contribution is -2.39. The number of benzene rings is 1. The number of anilines is 1. The van der Waals surface area contributed by atoms with Crippen molar-refractivity contribution in [1.82, 2.24) is 0 Å². The molecule has 19 heavy (non-hydrogen) atoms. The Kier molecular flexibility index (Phi) is 4.46. The molecule has 0 atom stereocenters. The molecule has 0 spiro atoms. The molecule has 1 fully saturated rings. The van der Waals surface area contributed by atoms with Crippen molar-refractivity contribution in [1.29, 1.82) is 0 Å². The lowest BCUT2D eigenvalue weighted by atomic mass is 9.74. The summed E-state index contributed by atoms with van der Waals surface area (Å²) in [5.41, 5.74) is 7.59. The van der Waals surface area contributed by atoms with Gasteiger partial charge in [-0.25, -0.2) is 4.39 Å². The second-order valence-electron chi connectivity index (χ2n) is 5.67. The minimum Gasteiger partial charge on any atom is -0.371 e. The van der Waals surface area contributed by atoms with Gasteiger partial charge in [-0.05, 0) is 30.4 Å². The summed E-state index contributed by atoms with van der Waals surface area (Å²) in [5, 5.41) is 0. The minimum atomic E-state index is -0.178. The Morgan fingerprint density at radius 1 is 1.21 bits per heavy atom. The van der Waals surface area contributed by atoms with E-state index in [1.165, 1.54) is 25.7 Å². The third kappa shape index (κ3) is 2.92. The van der Waals surface area contributed by atoms with Crippen LogP contribution in [0.15, 0.2) is 18.2 Å². The first-order valence-electron chi connectivity index (χ1n) is 7.37. The number of nitrogens with two attached hydrogens (primary N) is 1. The maximum absolute atomic E-state index is 13.8. The van der Waals surface area contributed by atoms with Gasteiger partial charge < -0.3 is 10.6 Å². The highest BCUT2D eigenvalue weighted by atomic mass is 19.1. The van der Waals surface area contributed by atoms with Crippen LogP contribution in [0.5, 0.6) is 0 Å². The SMILES string of the molecule is CCC1(CC)CCN(c2ccc(CN)c(F)c2)CC1. The molecule has 1 aliphatic heterocycles. The fourth-order valence-electron chi connectivity index (χ4n) is 3.09. The Balaban J connectivity index is 2.07. The quantitative estimate of drug-likeness (QED) is 0.898. The van der Waals surface area contributed by atoms with Crippen molar-refractivity contribution in [2.45, 2.75) is 46.1 Å². The standard InChI is InChI=1S/C16H25FN2/c1-3-16(4-2)7-9-19(10-8-16)14-6-5-13(12-18)15(17)11-14/h5-6,11H,3-4,7-10,12,18H2,1-2H3. The molecule has 1 aromatic rings. The summed E-state index contributed by atoms with van der Waals surface area (Å²) in [6, 6.07) is 5.44. The zero-order chi connectivity index (χ0) is 13.9. The molecule has 0 aliphatic carbocycles. The minimum absolute atomic E-state index is 0.178. The van der Waals surface area contributed by atoms with Crippen LogP contribution in [0.25, 0.3) is 0 Å². The van der Waals surface area contributed by atoms with Gasteiger partial charge in [-0.3, -0.25) is 0 Å². The number of piperidine rings is 1. The van der Waals surface area contributed by atoms with Gasteiger partial charge in [0.2, 0.25) is 0 Å². The summed E-state index contributed by atoms with van der Waals surface area (Å²) >= 11 is 0. The van der Waals surface area contributed by atoms with Crippen LogP contribution in [0.1, 0.15) is 45.1 Å². The van der Waals surface area contributed by atoms with Crippen LogP contribution in [0.2, 0.25) is 0 Å². The van der Waals surface area contributed by atoms with Crippen molar-refractivity contribution in [3.05, 3.63) is 29.6 Å². The Morgan fingerprint density at radius 3 is 2.32 bits per heavy atom. The van der Waals surface area contributed by atoms with Gasteiger partial charge in [-0.15, -0.1) is 0 Å². The predicted octanol–water partition coefficient (Wildman–Crippen LogP) is 3.69. The third-order valence-electron chi connectivity index (χ3n) is 4.95. The first-order valence-corrected chi connectivity index (χ1v) is 7.37. The molecule has 2 nitrogen and oxygen atoms in total. The molecule has 0 saturated carbocycles. The number of hydrogen-bond acceptors (Lipinski definition) is 2. The molecule has 2 rings (SSSR count). The van der Waals surface area contributed by atoms with Crippen molar-refractivity contribution >= 4 is 5.69 Å². The monoisotopic (exact) mass is 264 g/mol. The molecule has 0 unspecified atom stereocenters. The fraction of sp³-hybridized carbons (Fsp3) is 0.625. The van der Waals surface area contributed by atoms with E-state index < -0.39 is 0 Å². The molecule has 106 valence electrons.